The predicted molar refractivity (Wildman–Crippen MR) is 69.6 cm³/mol. The first kappa shape index (κ1) is 13.5. The lowest BCUT2D eigenvalue weighted by atomic mass is 10.3. The van der Waals surface area contributed by atoms with Gasteiger partial charge in [-0.25, -0.2) is 0 Å². The highest BCUT2D eigenvalue weighted by molar-refractivity contribution is 6.32. The number of hydrogen-bond donors (Lipinski definition) is 1. The van der Waals surface area contributed by atoms with Crippen LogP contribution in [0, 0.1) is 0 Å². The average Bonchev–Trinajstić information content (AvgIpc) is 2.40. The van der Waals surface area contributed by atoms with Crippen molar-refractivity contribution in [1.82, 2.24) is 4.98 Å². The molecule has 100 valence electrons. The number of nitrogens with one attached hydrogen (secondary N) is 1. The summed E-state index contributed by atoms with van der Waals surface area (Å²) in [5, 5.41) is 3.22. The van der Waals surface area contributed by atoms with E-state index < -0.39 is 6.61 Å². The number of nitrogens with zero attached hydrogens (tertiary/aromatic N) is 1. The van der Waals surface area contributed by atoms with Crippen LogP contribution in [0.2, 0.25) is 5.02 Å². The molecule has 6 heteroatoms. The largest absolute Gasteiger partial charge is 0.433 e. The van der Waals surface area contributed by atoms with E-state index >= 15 is 0 Å². The fourth-order valence-corrected chi connectivity index (χ4v) is 1.72. The molecule has 0 saturated carbocycles. The molecule has 2 rings (SSSR count). The van der Waals surface area contributed by atoms with Crippen LogP contribution < -0.4 is 10.1 Å². The Balaban J connectivity index is 2.00. The highest BCUT2D eigenvalue weighted by atomic mass is 35.5. The predicted octanol–water partition coefficient (Wildman–Crippen LogP) is 3.95. The van der Waals surface area contributed by atoms with Crippen molar-refractivity contribution >= 4 is 17.3 Å². The normalized spacial score (nSPS) is 10.5. The Hall–Kier alpha value is -1.88. The number of aromatic nitrogens is 1. The Kier molecular flexibility index (Phi) is 4.52. The fraction of sp³-hybridized carbons (Fsp3) is 0.154. The maximum atomic E-state index is 12.1. The van der Waals surface area contributed by atoms with Gasteiger partial charge in [-0.2, -0.15) is 8.78 Å². The minimum absolute atomic E-state index is 0.0416. The van der Waals surface area contributed by atoms with Gasteiger partial charge >= 0.3 is 6.61 Å². The van der Waals surface area contributed by atoms with E-state index in [0.717, 1.165) is 5.69 Å². The van der Waals surface area contributed by atoms with Crippen LogP contribution in [-0.2, 0) is 6.54 Å². The van der Waals surface area contributed by atoms with Crippen LogP contribution in [0.1, 0.15) is 5.69 Å². The number of anilines is 1. The molecule has 1 aromatic carbocycles. The Morgan fingerprint density at radius 1 is 1.26 bits per heavy atom. The third-order valence-electron chi connectivity index (χ3n) is 2.35. The molecule has 0 aliphatic carbocycles. The van der Waals surface area contributed by atoms with Crippen molar-refractivity contribution in [3.05, 3.63) is 53.3 Å². The van der Waals surface area contributed by atoms with Crippen LogP contribution in [0.15, 0.2) is 42.6 Å². The maximum Gasteiger partial charge on any atom is 0.387 e. The lowest BCUT2D eigenvalue weighted by Crippen LogP contribution is -2.04. The zero-order chi connectivity index (χ0) is 13.7. The molecule has 0 radical (unpaired) electrons. The van der Waals surface area contributed by atoms with Crippen molar-refractivity contribution in [2.45, 2.75) is 13.2 Å². The van der Waals surface area contributed by atoms with Gasteiger partial charge in [0.1, 0.15) is 5.75 Å². The molecule has 1 heterocycles. The summed E-state index contributed by atoms with van der Waals surface area (Å²) in [6.45, 7) is -2.36. The highest BCUT2D eigenvalue weighted by Crippen LogP contribution is 2.29. The van der Waals surface area contributed by atoms with Crippen LogP contribution in [0.5, 0.6) is 5.75 Å². The van der Waals surface area contributed by atoms with E-state index in [9.17, 15) is 8.78 Å². The third kappa shape index (κ3) is 4.06. The van der Waals surface area contributed by atoms with Crippen molar-refractivity contribution in [3.63, 3.8) is 0 Å². The van der Waals surface area contributed by atoms with Crippen LogP contribution in [0.3, 0.4) is 0 Å². The zero-order valence-electron chi connectivity index (χ0n) is 9.82. The summed E-state index contributed by atoms with van der Waals surface area (Å²) in [6.07, 6.45) is 1.70. The number of halogens is 3. The molecular formula is C13H11ClF2N2O. The molecule has 0 aliphatic rings. The van der Waals surface area contributed by atoms with E-state index in [2.05, 4.69) is 15.0 Å². The second-order valence-electron chi connectivity index (χ2n) is 3.70. The van der Waals surface area contributed by atoms with Gasteiger partial charge in [0.25, 0.3) is 0 Å². The van der Waals surface area contributed by atoms with E-state index in [1.165, 1.54) is 12.1 Å². The number of hydrogen-bond acceptors (Lipinski definition) is 3. The van der Waals surface area contributed by atoms with Crippen molar-refractivity contribution in [2.75, 3.05) is 5.32 Å². The number of rotatable bonds is 5. The molecule has 2 aromatic rings. The molecule has 3 nitrogen and oxygen atoms in total. The molecule has 0 unspecified atom stereocenters. The van der Waals surface area contributed by atoms with E-state index in [1.807, 2.05) is 18.2 Å². The van der Waals surface area contributed by atoms with Gasteiger partial charge in [-0.1, -0.05) is 17.7 Å². The van der Waals surface area contributed by atoms with E-state index in [1.54, 1.807) is 12.3 Å². The molecule has 0 fully saturated rings. The molecule has 19 heavy (non-hydrogen) atoms. The molecule has 0 spiro atoms. The van der Waals surface area contributed by atoms with Crippen molar-refractivity contribution in [2.24, 2.45) is 0 Å². The number of ether oxygens (including phenoxy) is 1. The fourth-order valence-electron chi connectivity index (χ4n) is 1.50. The first-order valence-corrected chi connectivity index (χ1v) is 5.91. The smallest absolute Gasteiger partial charge is 0.387 e. The van der Waals surface area contributed by atoms with Crippen LogP contribution in [0.25, 0.3) is 0 Å². The quantitative estimate of drug-likeness (QED) is 0.903. The van der Waals surface area contributed by atoms with Gasteiger partial charge in [-0.05, 0) is 30.3 Å². The van der Waals surface area contributed by atoms with Gasteiger partial charge in [0.15, 0.2) is 0 Å². The van der Waals surface area contributed by atoms with Gasteiger partial charge in [0, 0.05) is 11.9 Å². The lowest BCUT2D eigenvalue weighted by Gasteiger charge is -2.10. The van der Waals surface area contributed by atoms with Gasteiger partial charge in [0.2, 0.25) is 0 Å². The zero-order valence-corrected chi connectivity index (χ0v) is 10.6. The third-order valence-corrected chi connectivity index (χ3v) is 2.64. The first-order valence-electron chi connectivity index (χ1n) is 5.53. The van der Waals surface area contributed by atoms with E-state index in [4.69, 9.17) is 11.6 Å². The van der Waals surface area contributed by atoms with Gasteiger partial charge in [-0.3, -0.25) is 4.98 Å². The standard InChI is InChI=1S/C13H11ClF2N2O/c14-11-7-9(4-5-12(11)19-13(15)16)18-8-10-3-1-2-6-17-10/h1-7,13,18H,8H2. The second-order valence-corrected chi connectivity index (χ2v) is 4.11. The Bertz CT molecular complexity index is 537. The molecule has 0 amide bonds. The lowest BCUT2D eigenvalue weighted by molar-refractivity contribution is -0.0497. The van der Waals surface area contributed by atoms with Crippen molar-refractivity contribution in [1.29, 1.82) is 0 Å². The Morgan fingerprint density at radius 2 is 2.11 bits per heavy atom. The first-order chi connectivity index (χ1) is 9.15. The summed E-state index contributed by atoms with van der Waals surface area (Å²) in [6, 6.07) is 10.1. The van der Waals surface area contributed by atoms with Crippen LogP contribution in [0.4, 0.5) is 14.5 Å². The highest BCUT2D eigenvalue weighted by Gasteiger charge is 2.08. The van der Waals surface area contributed by atoms with Crippen molar-refractivity contribution in [3.8, 4) is 5.75 Å². The number of alkyl halides is 2. The Morgan fingerprint density at radius 3 is 2.74 bits per heavy atom. The second kappa shape index (κ2) is 6.33. The van der Waals surface area contributed by atoms with Crippen LogP contribution >= 0.6 is 11.6 Å². The summed E-state index contributed by atoms with van der Waals surface area (Å²) in [4.78, 5) is 4.15. The SMILES string of the molecule is FC(F)Oc1ccc(NCc2ccccn2)cc1Cl. The summed E-state index contributed by atoms with van der Waals surface area (Å²) in [7, 11) is 0. The van der Waals surface area contributed by atoms with E-state index in [0.29, 0.717) is 12.2 Å². The molecule has 1 aromatic heterocycles. The summed E-state index contributed by atoms with van der Waals surface area (Å²) in [5.74, 6) is -0.0416. The summed E-state index contributed by atoms with van der Waals surface area (Å²) < 4.78 is 28.4. The topological polar surface area (TPSA) is 34.1 Å². The van der Waals surface area contributed by atoms with Gasteiger partial charge in [0.05, 0.1) is 17.3 Å². The molecule has 0 aliphatic heterocycles. The van der Waals surface area contributed by atoms with Gasteiger partial charge < -0.3 is 10.1 Å². The maximum absolute atomic E-state index is 12.1. The number of pyridine rings is 1. The molecule has 0 saturated heterocycles. The average molecular weight is 285 g/mol. The molecular weight excluding hydrogens is 274 g/mol. The minimum Gasteiger partial charge on any atom is -0.433 e. The minimum atomic E-state index is -2.88. The summed E-state index contributed by atoms with van der Waals surface area (Å²) in [5.41, 5.74) is 1.57. The van der Waals surface area contributed by atoms with Crippen molar-refractivity contribution < 1.29 is 13.5 Å². The molecule has 0 atom stereocenters. The van der Waals surface area contributed by atoms with Crippen LogP contribution in [-0.4, -0.2) is 11.6 Å². The Labute approximate surface area is 114 Å². The number of benzene rings is 1. The molecule has 1 N–H and O–H groups in total. The van der Waals surface area contributed by atoms with Gasteiger partial charge in [-0.15, -0.1) is 0 Å². The van der Waals surface area contributed by atoms with E-state index in [-0.39, 0.29) is 10.8 Å². The molecule has 0 bridgehead atoms. The summed E-state index contributed by atoms with van der Waals surface area (Å²) >= 11 is 5.84. The monoisotopic (exact) mass is 284 g/mol.